The zero-order valence-corrected chi connectivity index (χ0v) is 16.3. The Morgan fingerprint density at radius 1 is 1.28 bits per heavy atom. The van der Waals surface area contributed by atoms with E-state index in [-0.39, 0.29) is 18.4 Å². The number of aromatic nitrogens is 1. The smallest absolute Gasteiger partial charge is 0.257 e. The third-order valence-electron chi connectivity index (χ3n) is 4.93. The number of methoxy groups -OCH3 is 1. The zero-order valence-electron chi connectivity index (χ0n) is 16.3. The van der Waals surface area contributed by atoms with Crippen LogP contribution in [-0.2, 0) is 9.53 Å². The normalized spacial score (nSPS) is 15.5. The van der Waals surface area contributed by atoms with Gasteiger partial charge in [0.05, 0.1) is 24.4 Å². The lowest BCUT2D eigenvalue weighted by atomic mass is 10.1. The summed E-state index contributed by atoms with van der Waals surface area (Å²) in [5.74, 6) is 1.62. The molecule has 0 bridgehead atoms. The maximum Gasteiger partial charge on any atom is 0.257 e. The van der Waals surface area contributed by atoms with E-state index in [4.69, 9.17) is 9.47 Å². The second-order valence-corrected chi connectivity index (χ2v) is 7.21. The third kappa shape index (κ3) is 4.65. The van der Waals surface area contributed by atoms with Gasteiger partial charge in [-0.05, 0) is 49.1 Å². The van der Waals surface area contributed by atoms with Crippen LogP contribution in [0.3, 0.4) is 0 Å². The van der Waals surface area contributed by atoms with E-state index in [0.29, 0.717) is 54.2 Å². The summed E-state index contributed by atoms with van der Waals surface area (Å²) in [5.41, 5.74) is 1.72. The maximum atomic E-state index is 12.7. The number of hydrogen-bond acceptors (Lipinski definition) is 6. The van der Waals surface area contributed by atoms with Gasteiger partial charge in [0.2, 0.25) is 5.91 Å². The van der Waals surface area contributed by atoms with E-state index in [2.05, 4.69) is 15.6 Å². The number of hydrogen-bond donors (Lipinski definition) is 2. The van der Waals surface area contributed by atoms with E-state index >= 15 is 0 Å². The number of amides is 2. The molecule has 1 saturated carbocycles. The van der Waals surface area contributed by atoms with E-state index in [1.54, 1.807) is 42.3 Å². The molecule has 0 spiro atoms. The molecular weight excluding hydrogens is 372 g/mol. The minimum atomic E-state index is -0.280. The van der Waals surface area contributed by atoms with Crippen LogP contribution in [0.1, 0.15) is 23.2 Å². The number of nitrogens with one attached hydrogen (secondary N) is 2. The van der Waals surface area contributed by atoms with Gasteiger partial charge >= 0.3 is 0 Å². The molecule has 0 unspecified atom stereocenters. The van der Waals surface area contributed by atoms with E-state index in [1.165, 1.54) is 6.20 Å². The molecule has 152 valence electrons. The Morgan fingerprint density at radius 2 is 2.07 bits per heavy atom. The zero-order chi connectivity index (χ0) is 20.2. The van der Waals surface area contributed by atoms with Gasteiger partial charge in [-0.15, -0.1) is 0 Å². The van der Waals surface area contributed by atoms with Gasteiger partial charge in [-0.1, -0.05) is 0 Å². The summed E-state index contributed by atoms with van der Waals surface area (Å²) < 4.78 is 10.5. The average molecular weight is 396 g/mol. The van der Waals surface area contributed by atoms with Crippen LogP contribution in [0.15, 0.2) is 36.5 Å². The molecule has 8 nitrogen and oxygen atoms in total. The fourth-order valence-electron chi connectivity index (χ4n) is 3.15. The molecule has 2 aromatic rings. The molecule has 1 aliphatic carbocycles. The van der Waals surface area contributed by atoms with Crippen molar-refractivity contribution in [1.82, 2.24) is 4.98 Å². The van der Waals surface area contributed by atoms with Crippen molar-refractivity contribution in [1.29, 1.82) is 0 Å². The average Bonchev–Trinajstić information content (AvgIpc) is 3.55. The summed E-state index contributed by atoms with van der Waals surface area (Å²) in [5, 5.41) is 5.88. The van der Waals surface area contributed by atoms with E-state index in [0.717, 1.165) is 12.8 Å². The van der Waals surface area contributed by atoms with E-state index in [9.17, 15) is 9.59 Å². The first-order chi connectivity index (χ1) is 14.1. The molecule has 0 saturated heterocycles. The van der Waals surface area contributed by atoms with Crippen LogP contribution in [0.5, 0.6) is 5.75 Å². The van der Waals surface area contributed by atoms with Crippen LogP contribution in [0.25, 0.3) is 0 Å². The van der Waals surface area contributed by atoms with Crippen LogP contribution in [0, 0.1) is 5.92 Å². The van der Waals surface area contributed by atoms with E-state index < -0.39 is 0 Å². The molecule has 2 aliphatic rings. The lowest BCUT2D eigenvalue weighted by Crippen LogP contribution is -2.41. The van der Waals surface area contributed by atoms with Gasteiger partial charge in [-0.25, -0.2) is 4.98 Å². The summed E-state index contributed by atoms with van der Waals surface area (Å²) in [4.78, 5) is 31.1. The molecule has 29 heavy (non-hydrogen) atoms. The van der Waals surface area contributed by atoms with Crippen LogP contribution in [0.4, 0.5) is 17.2 Å². The number of carbonyl (C=O) groups is 2. The Hall–Kier alpha value is -3.13. The van der Waals surface area contributed by atoms with Crippen molar-refractivity contribution in [2.24, 2.45) is 5.92 Å². The second-order valence-electron chi connectivity index (χ2n) is 7.21. The lowest BCUT2D eigenvalue weighted by Gasteiger charge is -2.29. The minimum absolute atomic E-state index is 0.00724. The molecule has 0 radical (unpaired) electrons. The summed E-state index contributed by atoms with van der Waals surface area (Å²) in [6.45, 7) is 1.90. The van der Waals surface area contributed by atoms with Gasteiger partial charge in [-0.2, -0.15) is 0 Å². The summed E-state index contributed by atoms with van der Waals surface area (Å²) in [6.07, 6.45) is 3.81. The number of pyridine rings is 1. The molecule has 1 aromatic heterocycles. The largest absolute Gasteiger partial charge is 0.491 e. The SMILES string of the molecule is COCCOc1ccc(NC(=O)c2cnc3c(c2)N(CC2CC2)C(=O)CN3)cc1. The van der Waals surface area contributed by atoms with Crippen molar-refractivity contribution in [3.63, 3.8) is 0 Å². The standard InChI is InChI=1S/C21H24N4O4/c1-28-8-9-29-17-6-4-16(5-7-17)24-21(27)15-10-18-20(22-11-15)23-12-19(26)25(18)13-14-2-3-14/h4-7,10-11,14H,2-3,8-9,12-13H2,1H3,(H,22,23)(H,24,27). The van der Waals surface area contributed by atoms with Crippen molar-refractivity contribution >= 4 is 29.0 Å². The highest BCUT2D eigenvalue weighted by Gasteiger charge is 2.32. The number of nitrogens with zero attached hydrogens (tertiary/aromatic N) is 2. The first-order valence-electron chi connectivity index (χ1n) is 9.71. The van der Waals surface area contributed by atoms with Gasteiger partial charge in [-0.3, -0.25) is 9.59 Å². The van der Waals surface area contributed by atoms with Crippen LogP contribution >= 0.6 is 0 Å². The molecule has 2 heterocycles. The molecule has 8 heteroatoms. The number of ether oxygens (including phenoxy) is 2. The highest BCUT2D eigenvalue weighted by molar-refractivity contribution is 6.07. The number of carbonyl (C=O) groups excluding carboxylic acids is 2. The van der Waals surface area contributed by atoms with Crippen molar-refractivity contribution in [2.75, 3.05) is 48.9 Å². The molecule has 2 amide bonds. The third-order valence-corrected chi connectivity index (χ3v) is 4.93. The molecule has 4 rings (SSSR count). The van der Waals surface area contributed by atoms with Crippen LogP contribution in [-0.4, -0.2) is 50.2 Å². The Morgan fingerprint density at radius 3 is 2.79 bits per heavy atom. The van der Waals surface area contributed by atoms with Crippen molar-refractivity contribution < 1.29 is 19.1 Å². The summed E-state index contributed by atoms with van der Waals surface area (Å²) >= 11 is 0. The summed E-state index contributed by atoms with van der Waals surface area (Å²) in [7, 11) is 1.62. The van der Waals surface area contributed by atoms with Gasteiger partial charge in [0.15, 0.2) is 0 Å². The van der Waals surface area contributed by atoms with Gasteiger partial charge < -0.3 is 25.0 Å². The molecule has 1 aromatic carbocycles. The summed E-state index contributed by atoms with van der Waals surface area (Å²) in [6, 6.07) is 8.85. The quantitative estimate of drug-likeness (QED) is 0.666. The van der Waals surface area contributed by atoms with Gasteiger partial charge in [0.1, 0.15) is 18.2 Å². The van der Waals surface area contributed by atoms with Crippen molar-refractivity contribution in [3.8, 4) is 5.75 Å². The highest BCUT2D eigenvalue weighted by Crippen LogP contribution is 2.35. The minimum Gasteiger partial charge on any atom is -0.491 e. The van der Waals surface area contributed by atoms with Crippen molar-refractivity contribution in [2.45, 2.75) is 12.8 Å². The molecule has 1 aliphatic heterocycles. The Balaban J connectivity index is 1.45. The monoisotopic (exact) mass is 396 g/mol. The predicted molar refractivity (Wildman–Crippen MR) is 110 cm³/mol. The lowest BCUT2D eigenvalue weighted by molar-refractivity contribution is -0.117. The fraction of sp³-hybridized carbons (Fsp3) is 0.381. The van der Waals surface area contributed by atoms with Gasteiger partial charge in [0, 0.05) is 25.5 Å². The molecule has 1 fully saturated rings. The Labute approximate surface area is 169 Å². The molecule has 0 atom stereocenters. The topological polar surface area (TPSA) is 92.8 Å². The number of benzene rings is 1. The Kier molecular flexibility index (Phi) is 5.62. The predicted octanol–water partition coefficient (Wildman–Crippen LogP) is 2.53. The molecule has 2 N–H and O–H groups in total. The molecular formula is C21H24N4O4. The fourth-order valence-corrected chi connectivity index (χ4v) is 3.15. The Bertz CT molecular complexity index is 896. The van der Waals surface area contributed by atoms with Crippen LogP contribution < -0.4 is 20.3 Å². The second kappa shape index (κ2) is 8.48. The maximum absolute atomic E-state index is 12.7. The van der Waals surface area contributed by atoms with E-state index in [1.807, 2.05) is 0 Å². The first-order valence-corrected chi connectivity index (χ1v) is 9.71. The number of anilines is 3. The highest BCUT2D eigenvalue weighted by atomic mass is 16.5. The first kappa shape index (κ1) is 19.2. The number of fused-ring (bicyclic) bond motifs is 1. The number of rotatable bonds is 8. The van der Waals surface area contributed by atoms with Gasteiger partial charge in [0.25, 0.3) is 5.91 Å². The van der Waals surface area contributed by atoms with Crippen LogP contribution in [0.2, 0.25) is 0 Å². The van der Waals surface area contributed by atoms with Crippen molar-refractivity contribution in [3.05, 3.63) is 42.1 Å².